The van der Waals surface area contributed by atoms with Crippen molar-refractivity contribution >= 4 is 23.3 Å². The SMILES string of the molecule is CC(=O)NC1CCCN(C(=O)NCCc2ccsc2)C1. The molecular weight excluding hydrogens is 274 g/mol. The van der Waals surface area contributed by atoms with Gasteiger partial charge in [0.25, 0.3) is 0 Å². The van der Waals surface area contributed by atoms with E-state index in [2.05, 4.69) is 22.1 Å². The Bertz CT molecular complexity index is 447. The second-order valence-corrected chi connectivity index (χ2v) is 5.88. The van der Waals surface area contributed by atoms with Crippen LogP contribution in [0.3, 0.4) is 0 Å². The minimum absolute atomic E-state index is 0.0321. The van der Waals surface area contributed by atoms with E-state index in [1.54, 1.807) is 16.2 Å². The lowest BCUT2D eigenvalue weighted by molar-refractivity contribution is -0.119. The molecule has 0 radical (unpaired) electrons. The zero-order valence-electron chi connectivity index (χ0n) is 11.7. The van der Waals surface area contributed by atoms with Crippen molar-refractivity contribution in [2.24, 2.45) is 0 Å². The highest BCUT2D eigenvalue weighted by Crippen LogP contribution is 2.10. The molecule has 5 nitrogen and oxygen atoms in total. The van der Waals surface area contributed by atoms with E-state index >= 15 is 0 Å². The molecule has 0 aromatic carbocycles. The van der Waals surface area contributed by atoms with E-state index < -0.39 is 0 Å². The topological polar surface area (TPSA) is 61.4 Å². The second-order valence-electron chi connectivity index (χ2n) is 5.10. The van der Waals surface area contributed by atoms with Crippen molar-refractivity contribution in [2.45, 2.75) is 32.2 Å². The second kappa shape index (κ2) is 7.28. The Hall–Kier alpha value is -1.56. The van der Waals surface area contributed by atoms with Gasteiger partial charge in [0.1, 0.15) is 0 Å². The third-order valence-electron chi connectivity index (χ3n) is 3.39. The van der Waals surface area contributed by atoms with Gasteiger partial charge in [-0.2, -0.15) is 11.3 Å². The summed E-state index contributed by atoms with van der Waals surface area (Å²) >= 11 is 1.67. The van der Waals surface area contributed by atoms with Crippen molar-refractivity contribution in [1.82, 2.24) is 15.5 Å². The van der Waals surface area contributed by atoms with E-state index in [1.807, 2.05) is 5.38 Å². The van der Waals surface area contributed by atoms with E-state index in [9.17, 15) is 9.59 Å². The van der Waals surface area contributed by atoms with Crippen LogP contribution in [0.2, 0.25) is 0 Å². The Labute approximate surface area is 123 Å². The summed E-state index contributed by atoms with van der Waals surface area (Å²) in [6.45, 7) is 3.53. The number of nitrogens with one attached hydrogen (secondary N) is 2. The summed E-state index contributed by atoms with van der Waals surface area (Å²) in [5, 5.41) is 9.97. The number of carbonyl (C=O) groups excluding carboxylic acids is 2. The summed E-state index contributed by atoms with van der Waals surface area (Å²) in [7, 11) is 0. The molecule has 2 N–H and O–H groups in total. The van der Waals surface area contributed by atoms with E-state index in [4.69, 9.17) is 0 Å². The first-order valence-corrected chi connectivity index (χ1v) is 7.90. The maximum absolute atomic E-state index is 12.1. The van der Waals surface area contributed by atoms with E-state index in [0.717, 1.165) is 25.8 Å². The average molecular weight is 295 g/mol. The molecule has 3 amide bonds. The Morgan fingerprint density at radius 3 is 3.05 bits per heavy atom. The maximum atomic E-state index is 12.1. The molecule has 2 rings (SSSR count). The fraction of sp³-hybridized carbons (Fsp3) is 0.571. The monoisotopic (exact) mass is 295 g/mol. The Morgan fingerprint density at radius 1 is 1.50 bits per heavy atom. The van der Waals surface area contributed by atoms with Gasteiger partial charge in [-0.25, -0.2) is 4.79 Å². The largest absolute Gasteiger partial charge is 0.352 e. The fourth-order valence-electron chi connectivity index (χ4n) is 2.43. The van der Waals surface area contributed by atoms with Crippen LogP contribution in [-0.4, -0.2) is 42.5 Å². The third-order valence-corrected chi connectivity index (χ3v) is 4.12. The van der Waals surface area contributed by atoms with Gasteiger partial charge < -0.3 is 15.5 Å². The van der Waals surface area contributed by atoms with Crippen molar-refractivity contribution in [3.8, 4) is 0 Å². The number of nitrogens with zero attached hydrogens (tertiary/aromatic N) is 1. The molecule has 1 aliphatic heterocycles. The van der Waals surface area contributed by atoms with Crippen LogP contribution in [0, 0.1) is 0 Å². The fourth-order valence-corrected chi connectivity index (χ4v) is 3.13. The molecule has 0 saturated carbocycles. The maximum Gasteiger partial charge on any atom is 0.317 e. The van der Waals surface area contributed by atoms with E-state index in [1.165, 1.54) is 12.5 Å². The van der Waals surface area contributed by atoms with Crippen LogP contribution in [0.4, 0.5) is 4.79 Å². The number of thiophene rings is 1. The lowest BCUT2D eigenvalue weighted by atomic mass is 10.1. The van der Waals surface area contributed by atoms with Crippen molar-refractivity contribution in [1.29, 1.82) is 0 Å². The van der Waals surface area contributed by atoms with Crippen molar-refractivity contribution < 1.29 is 9.59 Å². The minimum Gasteiger partial charge on any atom is -0.352 e. The smallest absolute Gasteiger partial charge is 0.317 e. The highest BCUT2D eigenvalue weighted by Gasteiger charge is 2.23. The number of carbonyl (C=O) groups is 2. The van der Waals surface area contributed by atoms with E-state index in [-0.39, 0.29) is 18.0 Å². The summed E-state index contributed by atoms with van der Waals surface area (Å²) in [6.07, 6.45) is 2.74. The summed E-state index contributed by atoms with van der Waals surface area (Å²) in [5.41, 5.74) is 1.25. The third kappa shape index (κ3) is 4.52. The molecule has 0 aliphatic carbocycles. The molecule has 1 atom stereocenters. The van der Waals surface area contributed by atoms with E-state index in [0.29, 0.717) is 13.1 Å². The summed E-state index contributed by atoms with van der Waals surface area (Å²) in [6, 6.07) is 2.13. The zero-order valence-corrected chi connectivity index (χ0v) is 12.5. The quantitative estimate of drug-likeness (QED) is 0.886. The Balaban J connectivity index is 1.72. The van der Waals surface area contributed by atoms with Crippen LogP contribution in [0.1, 0.15) is 25.3 Å². The minimum atomic E-state index is -0.0327. The normalized spacial score (nSPS) is 18.6. The van der Waals surface area contributed by atoms with Crippen molar-refractivity contribution in [2.75, 3.05) is 19.6 Å². The number of hydrogen-bond donors (Lipinski definition) is 2. The highest BCUT2D eigenvalue weighted by atomic mass is 32.1. The number of likely N-dealkylation sites (tertiary alicyclic amines) is 1. The molecule has 0 bridgehead atoms. The molecule has 6 heteroatoms. The van der Waals surface area contributed by atoms with Gasteiger partial charge in [-0.1, -0.05) is 0 Å². The molecule has 20 heavy (non-hydrogen) atoms. The molecule has 0 spiro atoms. The first-order chi connectivity index (χ1) is 9.65. The van der Waals surface area contributed by atoms with Crippen LogP contribution < -0.4 is 10.6 Å². The van der Waals surface area contributed by atoms with Crippen LogP contribution in [-0.2, 0) is 11.2 Å². The summed E-state index contributed by atoms with van der Waals surface area (Å²) in [4.78, 5) is 24.9. The Kier molecular flexibility index (Phi) is 5.40. The molecule has 1 aromatic heterocycles. The number of rotatable bonds is 4. The number of amides is 3. The number of piperidine rings is 1. The van der Waals surface area contributed by atoms with Crippen molar-refractivity contribution in [3.05, 3.63) is 22.4 Å². The molecule has 2 heterocycles. The first kappa shape index (κ1) is 14.8. The van der Waals surface area contributed by atoms with Gasteiger partial charge >= 0.3 is 6.03 Å². The zero-order chi connectivity index (χ0) is 14.4. The number of urea groups is 1. The molecule has 1 aliphatic rings. The summed E-state index contributed by atoms with van der Waals surface area (Å²) < 4.78 is 0. The van der Waals surface area contributed by atoms with Gasteiger partial charge in [0, 0.05) is 32.6 Å². The molecule has 1 unspecified atom stereocenters. The molecule has 110 valence electrons. The van der Waals surface area contributed by atoms with Crippen LogP contribution >= 0.6 is 11.3 Å². The van der Waals surface area contributed by atoms with Gasteiger partial charge in [0.2, 0.25) is 5.91 Å². The van der Waals surface area contributed by atoms with Gasteiger partial charge in [-0.3, -0.25) is 4.79 Å². The highest BCUT2D eigenvalue weighted by molar-refractivity contribution is 7.07. The number of hydrogen-bond acceptors (Lipinski definition) is 3. The van der Waals surface area contributed by atoms with Crippen LogP contribution in [0.25, 0.3) is 0 Å². The predicted molar refractivity (Wildman–Crippen MR) is 79.8 cm³/mol. The lowest BCUT2D eigenvalue weighted by Gasteiger charge is -2.33. The molecular formula is C14H21N3O2S. The first-order valence-electron chi connectivity index (χ1n) is 6.96. The van der Waals surface area contributed by atoms with Gasteiger partial charge in [-0.05, 0) is 41.7 Å². The van der Waals surface area contributed by atoms with Gasteiger partial charge in [-0.15, -0.1) is 0 Å². The molecule has 1 aromatic rings. The molecule has 1 fully saturated rings. The van der Waals surface area contributed by atoms with Crippen molar-refractivity contribution in [3.63, 3.8) is 0 Å². The summed E-state index contributed by atoms with van der Waals surface area (Å²) in [5.74, 6) is -0.0327. The standard InChI is InChI=1S/C14H21N3O2S/c1-11(18)16-13-3-2-7-17(9-13)14(19)15-6-4-12-5-8-20-10-12/h5,8,10,13H,2-4,6-7,9H2,1H3,(H,15,19)(H,16,18). The predicted octanol–water partition coefficient (Wildman–Crippen LogP) is 1.60. The van der Waals surface area contributed by atoms with Gasteiger partial charge in [0.15, 0.2) is 0 Å². The van der Waals surface area contributed by atoms with Gasteiger partial charge in [0.05, 0.1) is 0 Å². The Morgan fingerprint density at radius 2 is 2.35 bits per heavy atom. The lowest BCUT2D eigenvalue weighted by Crippen LogP contribution is -2.52. The van der Waals surface area contributed by atoms with Crippen LogP contribution in [0.5, 0.6) is 0 Å². The average Bonchev–Trinajstić information content (AvgIpc) is 2.91. The van der Waals surface area contributed by atoms with Crippen LogP contribution in [0.15, 0.2) is 16.8 Å². The molecule has 1 saturated heterocycles.